The first-order valence-corrected chi connectivity index (χ1v) is 11.4. The van der Waals surface area contributed by atoms with E-state index in [0.29, 0.717) is 44.9 Å². The lowest BCUT2D eigenvalue weighted by Gasteiger charge is -2.67. The van der Waals surface area contributed by atoms with Crippen molar-refractivity contribution in [3.63, 3.8) is 0 Å². The minimum atomic E-state index is -1.18. The molecule has 0 spiro atoms. The van der Waals surface area contributed by atoms with Gasteiger partial charge in [0, 0.05) is 23.3 Å². The van der Waals surface area contributed by atoms with Crippen LogP contribution in [0.4, 0.5) is 0 Å². The van der Waals surface area contributed by atoms with Gasteiger partial charge in [-0.25, -0.2) is 4.79 Å². The molecular weight excluding hydrogens is 388 g/mol. The minimum absolute atomic E-state index is 0.135. The van der Waals surface area contributed by atoms with Crippen molar-refractivity contribution in [3.8, 4) is 0 Å². The molecule has 0 aromatic carbocycles. The quantitative estimate of drug-likeness (QED) is 0.414. The maximum absolute atomic E-state index is 12.1. The van der Waals surface area contributed by atoms with Crippen molar-refractivity contribution in [2.24, 2.45) is 28.6 Å². The summed E-state index contributed by atoms with van der Waals surface area (Å²) in [5, 5.41) is 55.9. The molecule has 9 atom stereocenters. The van der Waals surface area contributed by atoms with E-state index in [2.05, 4.69) is 0 Å². The smallest absolute Gasteiger partial charge is 0.331 e. The van der Waals surface area contributed by atoms with Crippen LogP contribution in [0.2, 0.25) is 0 Å². The van der Waals surface area contributed by atoms with E-state index in [9.17, 15) is 30.3 Å². The molecular formula is C23H34O7. The number of hydrogen-bond donors (Lipinski definition) is 5. The van der Waals surface area contributed by atoms with Gasteiger partial charge in [0.25, 0.3) is 0 Å². The monoisotopic (exact) mass is 422 g/mol. The van der Waals surface area contributed by atoms with Crippen molar-refractivity contribution in [2.75, 3.05) is 13.2 Å². The molecule has 5 rings (SSSR count). The van der Waals surface area contributed by atoms with Crippen molar-refractivity contribution >= 4 is 5.97 Å². The van der Waals surface area contributed by atoms with Crippen molar-refractivity contribution in [2.45, 2.75) is 81.7 Å². The standard InChI is InChI=1S/C23H34O7/c1-20-15(13-8-19(27)30-11-13)4-7-23(20,29)16-3-6-22(28)10-14(25)2-5-21(22,12-24)17(16)9-18(20)26/h8,14-18,24-26,28-29H,2-7,9-12H2,1H3/t14-,15+,16+,17-,18+,20-,21-,22-,23-/m0/s1. The zero-order valence-electron chi connectivity index (χ0n) is 17.6. The maximum Gasteiger partial charge on any atom is 0.331 e. The highest BCUT2D eigenvalue weighted by molar-refractivity contribution is 5.85. The van der Waals surface area contributed by atoms with E-state index in [1.54, 1.807) is 0 Å². The van der Waals surface area contributed by atoms with E-state index in [-0.39, 0.29) is 43.4 Å². The summed E-state index contributed by atoms with van der Waals surface area (Å²) in [5.41, 5.74) is -3.12. The van der Waals surface area contributed by atoms with Crippen molar-refractivity contribution in [1.29, 1.82) is 0 Å². The minimum Gasteiger partial charge on any atom is -0.458 e. The fourth-order valence-electron chi connectivity index (χ4n) is 8.51. The fraction of sp³-hybridized carbons (Fsp3) is 0.870. The zero-order chi connectivity index (χ0) is 21.5. The highest BCUT2D eigenvalue weighted by Crippen LogP contribution is 2.70. The SMILES string of the molecule is C[C@]12[C@H](O)C[C@H]3[C@@H](CC[C@]4(O)C[C@@H](O)CC[C@]34CO)[C@@]1(O)CC[C@@H]2C1=CC(=O)OC1. The van der Waals surface area contributed by atoms with Crippen LogP contribution in [-0.2, 0) is 9.53 Å². The number of cyclic esters (lactones) is 1. The molecule has 5 aliphatic rings. The number of aliphatic hydroxyl groups excluding tert-OH is 3. The molecule has 30 heavy (non-hydrogen) atoms. The van der Waals surface area contributed by atoms with Gasteiger partial charge in [0.15, 0.2) is 0 Å². The van der Waals surface area contributed by atoms with E-state index in [0.717, 1.165) is 5.57 Å². The molecule has 7 nitrogen and oxygen atoms in total. The largest absolute Gasteiger partial charge is 0.458 e. The molecule has 0 saturated heterocycles. The summed E-state index contributed by atoms with van der Waals surface area (Å²) in [6.45, 7) is 1.94. The fourth-order valence-corrected chi connectivity index (χ4v) is 8.51. The van der Waals surface area contributed by atoms with Gasteiger partial charge < -0.3 is 30.3 Å². The lowest BCUT2D eigenvalue weighted by atomic mass is 9.41. The topological polar surface area (TPSA) is 127 Å². The Kier molecular flexibility index (Phi) is 4.54. The number of esters is 1. The Bertz CT molecular complexity index is 782. The Balaban J connectivity index is 1.55. The third-order valence-corrected chi connectivity index (χ3v) is 10.2. The van der Waals surface area contributed by atoms with E-state index < -0.39 is 34.2 Å². The number of aliphatic hydroxyl groups is 5. The summed E-state index contributed by atoms with van der Waals surface area (Å²) >= 11 is 0. The lowest BCUT2D eigenvalue weighted by Crippen LogP contribution is -2.72. The average Bonchev–Trinajstić information content (AvgIpc) is 3.23. The van der Waals surface area contributed by atoms with Gasteiger partial charge in [-0.15, -0.1) is 0 Å². The van der Waals surface area contributed by atoms with Gasteiger partial charge in [0.05, 0.1) is 30.0 Å². The van der Waals surface area contributed by atoms with E-state index >= 15 is 0 Å². The first-order chi connectivity index (χ1) is 14.1. The molecule has 1 heterocycles. The number of carbonyl (C=O) groups is 1. The van der Waals surface area contributed by atoms with Gasteiger partial charge in [-0.3, -0.25) is 0 Å². The summed E-state index contributed by atoms with van der Waals surface area (Å²) in [6.07, 6.45) is 3.92. The summed E-state index contributed by atoms with van der Waals surface area (Å²) in [4.78, 5) is 11.7. The van der Waals surface area contributed by atoms with Gasteiger partial charge >= 0.3 is 5.97 Å². The van der Waals surface area contributed by atoms with Crippen LogP contribution in [0.5, 0.6) is 0 Å². The number of rotatable bonds is 2. The summed E-state index contributed by atoms with van der Waals surface area (Å²) in [7, 11) is 0. The van der Waals surface area contributed by atoms with Crippen molar-refractivity contribution < 1.29 is 35.1 Å². The van der Waals surface area contributed by atoms with Gasteiger partial charge in [-0.1, -0.05) is 6.92 Å². The molecule has 7 heteroatoms. The van der Waals surface area contributed by atoms with Crippen LogP contribution in [0.1, 0.15) is 58.3 Å². The van der Waals surface area contributed by atoms with Gasteiger partial charge in [-0.2, -0.15) is 0 Å². The summed E-state index contributed by atoms with van der Waals surface area (Å²) in [6, 6.07) is 0. The predicted octanol–water partition coefficient (Wildman–Crippen LogP) is 0.662. The lowest BCUT2D eigenvalue weighted by molar-refractivity contribution is -0.288. The van der Waals surface area contributed by atoms with Crippen LogP contribution in [-0.4, -0.2) is 68.1 Å². The van der Waals surface area contributed by atoms with Crippen LogP contribution < -0.4 is 0 Å². The van der Waals surface area contributed by atoms with Crippen LogP contribution in [0.25, 0.3) is 0 Å². The first kappa shape index (κ1) is 20.9. The van der Waals surface area contributed by atoms with Gasteiger partial charge in [0.2, 0.25) is 0 Å². The number of hydrogen-bond acceptors (Lipinski definition) is 7. The molecule has 4 aliphatic carbocycles. The Morgan fingerprint density at radius 3 is 2.53 bits per heavy atom. The number of carbonyl (C=O) groups excluding carboxylic acids is 1. The molecule has 5 N–H and O–H groups in total. The molecule has 1 aliphatic heterocycles. The van der Waals surface area contributed by atoms with Crippen molar-refractivity contribution in [3.05, 3.63) is 11.6 Å². The molecule has 0 amide bonds. The molecule has 0 aromatic heterocycles. The summed E-state index contributed by atoms with van der Waals surface area (Å²) < 4.78 is 5.12. The second-order valence-electron chi connectivity index (χ2n) is 10.9. The Labute approximate surface area is 176 Å². The van der Waals surface area contributed by atoms with Gasteiger partial charge in [-0.05, 0) is 68.3 Å². The van der Waals surface area contributed by atoms with Crippen LogP contribution in [0.15, 0.2) is 11.6 Å². The van der Waals surface area contributed by atoms with Crippen molar-refractivity contribution in [1.82, 2.24) is 0 Å². The van der Waals surface area contributed by atoms with E-state index in [1.807, 2.05) is 6.92 Å². The van der Waals surface area contributed by atoms with Gasteiger partial charge in [0.1, 0.15) is 6.61 Å². The Hall–Kier alpha value is -0.990. The molecule has 0 aromatic rings. The molecule has 0 bridgehead atoms. The Morgan fingerprint density at radius 1 is 1.10 bits per heavy atom. The van der Waals surface area contributed by atoms with Crippen LogP contribution in [0.3, 0.4) is 0 Å². The molecule has 0 unspecified atom stereocenters. The third kappa shape index (κ3) is 2.36. The van der Waals surface area contributed by atoms with Crippen LogP contribution in [0, 0.1) is 28.6 Å². The Morgan fingerprint density at radius 2 is 1.87 bits per heavy atom. The molecule has 168 valence electrons. The number of ether oxygens (including phenoxy) is 1. The zero-order valence-corrected chi connectivity index (χ0v) is 17.6. The molecule has 4 fully saturated rings. The maximum atomic E-state index is 12.1. The van der Waals surface area contributed by atoms with E-state index in [1.165, 1.54) is 6.08 Å². The van der Waals surface area contributed by atoms with Crippen LogP contribution >= 0.6 is 0 Å². The third-order valence-electron chi connectivity index (χ3n) is 10.2. The van der Waals surface area contributed by atoms with E-state index in [4.69, 9.17) is 4.74 Å². The highest BCUT2D eigenvalue weighted by Gasteiger charge is 2.73. The molecule has 4 saturated carbocycles. The second kappa shape index (κ2) is 6.51. The highest BCUT2D eigenvalue weighted by atomic mass is 16.5. The predicted molar refractivity (Wildman–Crippen MR) is 106 cm³/mol. The normalized spacial score (nSPS) is 55.3. The summed E-state index contributed by atoms with van der Waals surface area (Å²) in [5.74, 6) is -0.882. The average molecular weight is 423 g/mol. The molecule has 0 radical (unpaired) electrons. The second-order valence-corrected chi connectivity index (χ2v) is 10.9. The first-order valence-electron chi connectivity index (χ1n) is 11.4. The number of fused-ring (bicyclic) bond motifs is 5.